The third-order valence-corrected chi connectivity index (χ3v) is 5.73. The van der Waals surface area contributed by atoms with Gasteiger partial charge in [-0.15, -0.1) is 0 Å². The number of methoxy groups -OCH3 is 1. The van der Waals surface area contributed by atoms with E-state index in [9.17, 15) is 9.59 Å². The molecule has 0 fully saturated rings. The fourth-order valence-electron chi connectivity index (χ4n) is 3.81. The lowest BCUT2D eigenvalue weighted by Gasteiger charge is -2.32. The Morgan fingerprint density at radius 2 is 1.47 bits per heavy atom. The molecule has 0 unspecified atom stereocenters. The fourth-order valence-corrected chi connectivity index (χ4v) is 3.81. The number of nitrogens with one attached hydrogen (secondary N) is 1. The molecule has 0 aliphatic carbocycles. The Labute approximate surface area is 202 Å². The number of hydrogen-bond acceptors (Lipinski definition) is 3. The molecule has 0 saturated heterocycles. The molecule has 0 saturated carbocycles. The first-order valence-corrected chi connectivity index (χ1v) is 11.8. The van der Waals surface area contributed by atoms with E-state index < -0.39 is 6.04 Å². The van der Waals surface area contributed by atoms with Crippen molar-refractivity contribution in [1.29, 1.82) is 0 Å². The molecule has 1 N–H and O–H groups in total. The molecule has 0 radical (unpaired) electrons. The van der Waals surface area contributed by atoms with Crippen molar-refractivity contribution in [3.63, 3.8) is 0 Å². The van der Waals surface area contributed by atoms with Crippen LogP contribution in [-0.2, 0) is 22.6 Å². The van der Waals surface area contributed by atoms with E-state index in [1.807, 2.05) is 84.9 Å². The molecular formula is C29H34N2O3. The van der Waals surface area contributed by atoms with Crippen LogP contribution < -0.4 is 10.1 Å². The van der Waals surface area contributed by atoms with Gasteiger partial charge in [-0.3, -0.25) is 9.59 Å². The Morgan fingerprint density at radius 1 is 0.853 bits per heavy atom. The minimum atomic E-state index is -0.730. The summed E-state index contributed by atoms with van der Waals surface area (Å²) in [6, 6.07) is 26.0. The lowest BCUT2D eigenvalue weighted by molar-refractivity contribution is -0.141. The summed E-state index contributed by atoms with van der Waals surface area (Å²) in [5.74, 6) is 0.958. The van der Waals surface area contributed by atoms with Crippen LogP contribution in [0.25, 0.3) is 0 Å². The Morgan fingerprint density at radius 3 is 2.06 bits per heavy atom. The van der Waals surface area contributed by atoms with Crippen molar-refractivity contribution in [2.75, 3.05) is 13.7 Å². The second-order valence-electron chi connectivity index (χ2n) is 8.82. The number of carbonyl (C=O) groups excluding carboxylic acids is 2. The Balaban J connectivity index is 1.95. The van der Waals surface area contributed by atoms with E-state index in [1.165, 1.54) is 0 Å². The number of hydrogen-bond donors (Lipinski definition) is 1. The maximum atomic E-state index is 13.7. The minimum absolute atomic E-state index is 0.102. The summed E-state index contributed by atoms with van der Waals surface area (Å²) in [6.45, 7) is 5.14. The van der Waals surface area contributed by atoms with Gasteiger partial charge < -0.3 is 15.0 Å². The topological polar surface area (TPSA) is 58.6 Å². The van der Waals surface area contributed by atoms with E-state index >= 15 is 0 Å². The summed E-state index contributed by atoms with van der Waals surface area (Å²) >= 11 is 0. The molecule has 5 nitrogen and oxygen atoms in total. The predicted molar refractivity (Wildman–Crippen MR) is 135 cm³/mol. The highest BCUT2D eigenvalue weighted by Crippen LogP contribution is 2.25. The van der Waals surface area contributed by atoms with Crippen molar-refractivity contribution in [3.05, 3.63) is 102 Å². The average molecular weight is 459 g/mol. The molecule has 3 aromatic rings. The predicted octanol–water partition coefficient (Wildman–Crippen LogP) is 5.17. The molecular weight excluding hydrogens is 424 g/mol. The molecule has 0 spiro atoms. The smallest absolute Gasteiger partial charge is 0.247 e. The zero-order valence-electron chi connectivity index (χ0n) is 20.2. The van der Waals surface area contributed by atoms with E-state index in [0.29, 0.717) is 19.0 Å². The summed E-state index contributed by atoms with van der Waals surface area (Å²) in [5, 5.41) is 3.06. The first kappa shape index (κ1) is 25.0. The number of ether oxygens (including phenoxy) is 1. The van der Waals surface area contributed by atoms with Crippen LogP contribution in [0.2, 0.25) is 0 Å². The van der Waals surface area contributed by atoms with Crippen LogP contribution in [0.3, 0.4) is 0 Å². The van der Waals surface area contributed by atoms with Crippen molar-refractivity contribution in [2.45, 2.75) is 39.3 Å². The molecule has 3 aromatic carbocycles. The van der Waals surface area contributed by atoms with Gasteiger partial charge >= 0.3 is 0 Å². The fraction of sp³-hybridized carbons (Fsp3) is 0.310. The van der Waals surface area contributed by atoms with Gasteiger partial charge in [0.2, 0.25) is 11.8 Å². The van der Waals surface area contributed by atoms with Crippen LogP contribution in [0, 0.1) is 5.92 Å². The lowest BCUT2D eigenvalue weighted by atomic mass is 10.0. The number of benzene rings is 3. The second-order valence-corrected chi connectivity index (χ2v) is 8.82. The second kappa shape index (κ2) is 12.6. The number of rotatable bonds is 11. The molecule has 1 atom stereocenters. The number of carbonyl (C=O) groups is 2. The van der Waals surface area contributed by atoms with Crippen molar-refractivity contribution >= 4 is 11.8 Å². The molecule has 0 bridgehead atoms. The molecule has 2 amide bonds. The minimum Gasteiger partial charge on any atom is -0.497 e. The van der Waals surface area contributed by atoms with Crippen molar-refractivity contribution in [2.24, 2.45) is 5.92 Å². The third kappa shape index (κ3) is 7.20. The largest absolute Gasteiger partial charge is 0.497 e. The zero-order chi connectivity index (χ0) is 24.3. The van der Waals surface area contributed by atoms with Gasteiger partial charge in [0, 0.05) is 13.1 Å². The van der Waals surface area contributed by atoms with Crippen LogP contribution in [0.5, 0.6) is 5.75 Å². The molecule has 0 aliphatic heterocycles. The SMILES string of the molecule is COc1ccc(CN(C(=O)Cc2ccccc2)[C@H](C(=O)NCCC(C)C)c2ccccc2)cc1. The number of amides is 2. The van der Waals surface area contributed by atoms with Crippen molar-refractivity contribution in [1.82, 2.24) is 10.2 Å². The molecule has 0 heterocycles. The summed E-state index contributed by atoms with van der Waals surface area (Å²) in [4.78, 5) is 28.8. The van der Waals surface area contributed by atoms with E-state index in [-0.39, 0.29) is 18.2 Å². The Hall–Kier alpha value is -3.60. The molecule has 34 heavy (non-hydrogen) atoms. The molecule has 178 valence electrons. The normalized spacial score (nSPS) is 11.6. The summed E-state index contributed by atoms with van der Waals surface area (Å²) < 4.78 is 5.27. The van der Waals surface area contributed by atoms with E-state index in [1.54, 1.807) is 12.0 Å². The lowest BCUT2D eigenvalue weighted by Crippen LogP contribution is -2.44. The van der Waals surface area contributed by atoms with Crippen LogP contribution >= 0.6 is 0 Å². The first-order chi connectivity index (χ1) is 16.5. The summed E-state index contributed by atoms with van der Waals surface area (Å²) in [7, 11) is 1.62. The van der Waals surface area contributed by atoms with E-state index in [2.05, 4.69) is 19.2 Å². The summed E-state index contributed by atoms with van der Waals surface area (Å²) in [5.41, 5.74) is 2.64. The van der Waals surface area contributed by atoms with Gasteiger partial charge in [0.25, 0.3) is 0 Å². The van der Waals surface area contributed by atoms with Gasteiger partial charge in [0.05, 0.1) is 13.5 Å². The molecule has 0 aliphatic rings. The highest BCUT2D eigenvalue weighted by molar-refractivity contribution is 5.89. The van der Waals surface area contributed by atoms with Gasteiger partial charge in [-0.05, 0) is 41.2 Å². The average Bonchev–Trinajstić information content (AvgIpc) is 2.85. The standard InChI is InChI=1S/C29H34N2O3/c1-22(2)18-19-30-29(33)28(25-12-8-5-9-13-25)31(21-24-14-16-26(34-3)17-15-24)27(32)20-23-10-6-4-7-11-23/h4-17,22,28H,18-21H2,1-3H3,(H,30,33)/t28-/m0/s1. The quantitative estimate of drug-likeness (QED) is 0.431. The van der Waals surface area contributed by atoms with Crippen LogP contribution in [0.4, 0.5) is 0 Å². The van der Waals surface area contributed by atoms with E-state index in [0.717, 1.165) is 28.9 Å². The monoisotopic (exact) mass is 458 g/mol. The number of nitrogens with zero attached hydrogens (tertiary/aromatic N) is 1. The van der Waals surface area contributed by atoms with Crippen molar-refractivity contribution < 1.29 is 14.3 Å². The first-order valence-electron chi connectivity index (χ1n) is 11.8. The maximum Gasteiger partial charge on any atom is 0.247 e. The highest BCUT2D eigenvalue weighted by Gasteiger charge is 2.31. The van der Waals surface area contributed by atoms with Gasteiger partial charge in [-0.25, -0.2) is 0 Å². The van der Waals surface area contributed by atoms with Gasteiger partial charge in [-0.2, -0.15) is 0 Å². The van der Waals surface area contributed by atoms with E-state index in [4.69, 9.17) is 4.74 Å². The maximum absolute atomic E-state index is 13.7. The van der Waals surface area contributed by atoms with Gasteiger partial charge in [0.1, 0.15) is 11.8 Å². The Bertz CT molecular complexity index is 1030. The molecule has 3 rings (SSSR count). The highest BCUT2D eigenvalue weighted by atomic mass is 16.5. The van der Waals surface area contributed by atoms with Crippen molar-refractivity contribution in [3.8, 4) is 5.75 Å². The van der Waals surface area contributed by atoms with Gasteiger partial charge in [0.15, 0.2) is 0 Å². The van der Waals surface area contributed by atoms with Crippen LogP contribution in [-0.4, -0.2) is 30.4 Å². The molecule has 5 heteroatoms. The van der Waals surface area contributed by atoms with Crippen LogP contribution in [0.1, 0.15) is 43.0 Å². The third-order valence-electron chi connectivity index (χ3n) is 5.73. The Kier molecular flexibility index (Phi) is 9.27. The van der Waals surface area contributed by atoms with Crippen LogP contribution in [0.15, 0.2) is 84.9 Å². The summed E-state index contributed by atoms with van der Waals surface area (Å²) in [6.07, 6.45) is 1.10. The van der Waals surface area contributed by atoms with Gasteiger partial charge in [-0.1, -0.05) is 86.6 Å². The molecule has 0 aromatic heterocycles. The zero-order valence-corrected chi connectivity index (χ0v) is 20.2.